The molecule has 0 fully saturated rings. The van der Waals surface area contributed by atoms with E-state index in [4.69, 9.17) is 5.73 Å². The highest BCUT2D eigenvalue weighted by atomic mass is 32.2. The van der Waals surface area contributed by atoms with E-state index in [1.165, 1.54) is 11.3 Å². The second-order valence-corrected chi connectivity index (χ2v) is 4.23. The van der Waals surface area contributed by atoms with Gasteiger partial charge in [0.05, 0.1) is 0 Å². The average Bonchev–Trinajstić information content (AvgIpc) is 2.30. The topological polar surface area (TPSA) is 26.0 Å². The first-order valence-corrected chi connectivity index (χ1v) is 4.71. The SMILES string of the molecule is CCC1C=C(C)SC1CN. The molecule has 0 aromatic carbocycles. The zero-order chi connectivity index (χ0) is 7.56. The highest BCUT2D eigenvalue weighted by Crippen LogP contribution is 2.36. The van der Waals surface area contributed by atoms with E-state index in [0.29, 0.717) is 5.25 Å². The van der Waals surface area contributed by atoms with E-state index in [1.54, 1.807) is 0 Å². The van der Waals surface area contributed by atoms with Gasteiger partial charge < -0.3 is 5.73 Å². The van der Waals surface area contributed by atoms with Gasteiger partial charge in [-0.15, -0.1) is 11.8 Å². The van der Waals surface area contributed by atoms with Gasteiger partial charge in [-0.05, 0) is 24.2 Å². The van der Waals surface area contributed by atoms with Crippen molar-refractivity contribution in [1.82, 2.24) is 0 Å². The molecule has 2 N–H and O–H groups in total. The molecule has 2 atom stereocenters. The molecular formula is C8H15NS. The number of nitrogens with two attached hydrogens (primary N) is 1. The second kappa shape index (κ2) is 3.44. The van der Waals surface area contributed by atoms with Gasteiger partial charge in [-0.25, -0.2) is 0 Å². The van der Waals surface area contributed by atoms with Gasteiger partial charge in [0.1, 0.15) is 0 Å². The Morgan fingerprint density at radius 3 is 2.80 bits per heavy atom. The van der Waals surface area contributed by atoms with E-state index in [-0.39, 0.29) is 0 Å². The number of allylic oxidation sites excluding steroid dienone is 2. The van der Waals surface area contributed by atoms with Crippen molar-refractivity contribution in [3.8, 4) is 0 Å². The Kier molecular flexibility index (Phi) is 2.81. The summed E-state index contributed by atoms with van der Waals surface area (Å²) in [6, 6.07) is 0. The van der Waals surface area contributed by atoms with Crippen LogP contribution in [0.25, 0.3) is 0 Å². The van der Waals surface area contributed by atoms with Gasteiger partial charge in [0.25, 0.3) is 0 Å². The molecule has 1 heterocycles. The Morgan fingerprint density at radius 2 is 2.40 bits per heavy atom. The van der Waals surface area contributed by atoms with Gasteiger partial charge in [0, 0.05) is 11.8 Å². The molecule has 0 amide bonds. The Labute approximate surface area is 67.1 Å². The van der Waals surface area contributed by atoms with Crippen molar-refractivity contribution in [1.29, 1.82) is 0 Å². The third-order valence-electron chi connectivity index (χ3n) is 1.97. The lowest BCUT2D eigenvalue weighted by Crippen LogP contribution is -2.21. The van der Waals surface area contributed by atoms with Crippen LogP contribution >= 0.6 is 11.8 Å². The second-order valence-electron chi connectivity index (χ2n) is 2.74. The molecule has 0 aliphatic carbocycles. The van der Waals surface area contributed by atoms with Crippen molar-refractivity contribution in [2.75, 3.05) is 6.54 Å². The molecule has 2 unspecified atom stereocenters. The summed E-state index contributed by atoms with van der Waals surface area (Å²) in [5.41, 5.74) is 5.61. The number of hydrogen-bond acceptors (Lipinski definition) is 2. The quantitative estimate of drug-likeness (QED) is 0.663. The maximum atomic E-state index is 5.61. The Balaban J connectivity index is 2.52. The van der Waals surface area contributed by atoms with Crippen LogP contribution in [0.3, 0.4) is 0 Å². The fraction of sp³-hybridized carbons (Fsp3) is 0.750. The van der Waals surface area contributed by atoms with E-state index in [0.717, 1.165) is 12.5 Å². The van der Waals surface area contributed by atoms with Crippen LogP contribution < -0.4 is 5.73 Å². The molecule has 10 heavy (non-hydrogen) atoms. The molecule has 0 aromatic heterocycles. The summed E-state index contributed by atoms with van der Waals surface area (Å²) in [6.45, 7) is 5.21. The van der Waals surface area contributed by atoms with Crippen LogP contribution in [-0.4, -0.2) is 11.8 Å². The fourth-order valence-electron chi connectivity index (χ4n) is 1.38. The van der Waals surface area contributed by atoms with E-state index >= 15 is 0 Å². The van der Waals surface area contributed by atoms with Crippen LogP contribution in [0.2, 0.25) is 0 Å². The highest BCUT2D eigenvalue weighted by Gasteiger charge is 2.23. The molecule has 1 aliphatic heterocycles. The predicted molar refractivity (Wildman–Crippen MR) is 48.0 cm³/mol. The smallest absolute Gasteiger partial charge is 0.0277 e. The lowest BCUT2D eigenvalue weighted by molar-refractivity contribution is 0.605. The maximum Gasteiger partial charge on any atom is 0.0277 e. The Hall–Kier alpha value is 0.0500. The van der Waals surface area contributed by atoms with E-state index in [2.05, 4.69) is 19.9 Å². The summed E-state index contributed by atoms with van der Waals surface area (Å²) in [4.78, 5) is 1.45. The minimum absolute atomic E-state index is 0.657. The summed E-state index contributed by atoms with van der Waals surface area (Å²) < 4.78 is 0. The minimum Gasteiger partial charge on any atom is -0.329 e. The number of thioether (sulfide) groups is 1. The maximum absolute atomic E-state index is 5.61. The minimum atomic E-state index is 0.657. The van der Waals surface area contributed by atoms with Gasteiger partial charge in [0.15, 0.2) is 0 Å². The molecular weight excluding hydrogens is 142 g/mol. The van der Waals surface area contributed by atoms with E-state index in [9.17, 15) is 0 Å². The van der Waals surface area contributed by atoms with Crippen molar-refractivity contribution in [2.45, 2.75) is 25.5 Å². The largest absolute Gasteiger partial charge is 0.329 e. The Morgan fingerprint density at radius 1 is 1.70 bits per heavy atom. The van der Waals surface area contributed by atoms with Gasteiger partial charge in [-0.1, -0.05) is 13.0 Å². The zero-order valence-electron chi connectivity index (χ0n) is 6.63. The lowest BCUT2D eigenvalue weighted by atomic mass is 10.0. The molecule has 58 valence electrons. The van der Waals surface area contributed by atoms with Crippen molar-refractivity contribution in [3.05, 3.63) is 11.0 Å². The first-order valence-electron chi connectivity index (χ1n) is 3.83. The summed E-state index contributed by atoms with van der Waals surface area (Å²) in [5.74, 6) is 0.731. The third-order valence-corrected chi connectivity index (χ3v) is 3.32. The van der Waals surface area contributed by atoms with E-state index < -0.39 is 0 Å². The van der Waals surface area contributed by atoms with Crippen LogP contribution in [-0.2, 0) is 0 Å². The summed E-state index contributed by atoms with van der Waals surface area (Å²) in [5, 5.41) is 0.657. The molecule has 1 rings (SSSR count). The summed E-state index contributed by atoms with van der Waals surface area (Å²) >= 11 is 1.93. The fourth-order valence-corrected chi connectivity index (χ4v) is 2.65. The predicted octanol–water partition coefficient (Wildman–Crippen LogP) is 1.99. The van der Waals surface area contributed by atoms with Crippen LogP contribution in [0.5, 0.6) is 0 Å². The normalized spacial score (nSPS) is 32.5. The van der Waals surface area contributed by atoms with Crippen LogP contribution in [0.1, 0.15) is 20.3 Å². The lowest BCUT2D eigenvalue weighted by Gasteiger charge is -2.13. The summed E-state index contributed by atoms with van der Waals surface area (Å²) in [7, 11) is 0. The molecule has 0 bridgehead atoms. The van der Waals surface area contributed by atoms with Gasteiger partial charge in [0.2, 0.25) is 0 Å². The van der Waals surface area contributed by atoms with E-state index in [1.807, 2.05) is 11.8 Å². The van der Waals surface area contributed by atoms with Crippen LogP contribution in [0.4, 0.5) is 0 Å². The zero-order valence-corrected chi connectivity index (χ0v) is 7.45. The van der Waals surface area contributed by atoms with Crippen molar-refractivity contribution < 1.29 is 0 Å². The third kappa shape index (κ3) is 1.55. The van der Waals surface area contributed by atoms with Gasteiger partial charge in [-0.3, -0.25) is 0 Å². The molecule has 0 spiro atoms. The molecule has 1 nitrogen and oxygen atoms in total. The molecule has 0 aromatic rings. The number of rotatable bonds is 2. The molecule has 2 heteroatoms. The Bertz CT molecular complexity index is 142. The molecule has 0 saturated carbocycles. The van der Waals surface area contributed by atoms with Crippen molar-refractivity contribution >= 4 is 11.8 Å². The molecule has 1 aliphatic rings. The van der Waals surface area contributed by atoms with Crippen molar-refractivity contribution in [2.24, 2.45) is 11.7 Å². The first-order chi connectivity index (χ1) is 4.77. The highest BCUT2D eigenvalue weighted by molar-refractivity contribution is 8.03. The van der Waals surface area contributed by atoms with Gasteiger partial charge >= 0.3 is 0 Å². The van der Waals surface area contributed by atoms with Gasteiger partial charge in [-0.2, -0.15) is 0 Å². The van der Waals surface area contributed by atoms with Crippen molar-refractivity contribution in [3.63, 3.8) is 0 Å². The summed E-state index contributed by atoms with van der Waals surface area (Å²) in [6.07, 6.45) is 3.58. The molecule has 0 radical (unpaired) electrons. The molecule has 0 saturated heterocycles. The average molecular weight is 157 g/mol. The van der Waals surface area contributed by atoms with Crippen LogP contribution in [0.15, 0.2) is 11.0 Å². The standard InChI is InChI=1S/C8H15NS/c1-3-7-4-6(2)10-8(7)5-9/h4,7-8H,3,5,9H2,1-2H3. The first kappa shape index (κ1) is 8.15. The number of hydrogen-bond donors (Lipinski definition) is 1. The monoisotopic (exact) mass is 157 g/mol. The van der Waals surface area contributed by atoms with Crippen LogP contribution in [0, 0.1) is 5.92 Å².